The van der Waals surface area contributed by atoms with Gasteiger partial charge in [-0.3, -0.25) is 0 Å². The molecule has 1 atom stereocenters. The van der Waals surface area contributed by atoms with Gasteiger partial charge in [-0.2, -0.15) is 21.6 Å². The van der Waals surface area contributed by atoms with Crippen molar-refractivity contribution in [2.75, 3.05) is 6.61 Å². The molecule has 2 heterocycles. The number of ether oxygens (including phenoxy) is 1. The van der Waals surface area contributed by atoms with Crippen molar-refractivity contribution >= 4 is 15.9 Å². The molecule has 1 unspecified atom stereocenters. The third kappa shape index (κ3) is 3.78. The fourth-order valence-corrected chi connectivity index (χ4v) is 3.20. The van der Waals surface area contributed by atoms with Crippen molar-refractivity contribution in [1.29, 1.82) is 0 Å². The summed E-state index contributed by atoms with van der Waals surface area (Å²) in [5.41, 5.74) is -5.76. The number of halogens is 5. The molecule has 0 fully saturated rings. The van der Waals surface area contributed by atoms with E-state index in [4.69, 9.17) is 4.74 Å². The Morgan fingerprint density at radius 3 is 2.52 bits per heavy atom. The van der Waals surface area contributed by atoms with E-state index in [0.29, 0.717) is 11.6 Å². The first-order valence-corrected chi connectivity index (χ1v) is 9.56. The fraction of sp³-hybridized carbons (Fsp3) is 0.278. The molecule has 1 aliphatic heterocycles. The van der Waals surface area contributed by atoms with E-state index < -0.39 is 33.0 Å². The molecule has 11 heteroatoms. The lowest BCUT2D eigenvalue weighted by Gasteiger charge is -2.15. The third-order valence-electron chi connectivity index (χ3n) is 4.29. The van der Waals surface area contributed by atoms with Gasteiger partial charge < -0.3 is 8.92 Å². The van der Waals surface area contributed by atoms with E-state index in [-0.39, 0.29) is 40.8 Å². The average Bonchev–Trinajstić information content (AvgIpc) is 2.97. The minimum Gasteiger partial charge on any atom is -0.490 e. The van der Waals surface area contributed by atoms with Crippen LogP contribution in [0.15, 0.2) is 24.8 Å². The SMILES string of the molecule is C=C(OS(=O)(=O)C(F)(F)F)c1cc2c(c(-c3cc(C)c(F)cc3F)n1)OCC2C. The first-order chi connectivity index (χ1) is 13.3. The molecule has 0 spiro atoms. The molecule has 2 aromatic rings. The van der Waals surface area contributed by atoms with Crippen LogP contribution in [0, 0.1) is 18.6 Å². The number of benzene rings is 1. The first kappa shape index (κ1) is 21.0. The summed E-state index contributed by atoms with van der Waals surface area (Å²) in [5.74, 6) is -2.75. The molecule has 1 aromatic heterocycles. The molecule has 1 aliphatic rings. The normalized spacial score (nSPS) is 16.3. The summed E-state index contributed by atoms with van der Waals surface area (Å²) < 4.78 is 97.9. The molecule has 0 bridgehead atoms. The summed E-state index contributed by atoms with van der Waals surface area (Å²) in [6.07, 6.45) is 0. The molecule has 0 radical (unpaired) electrons. The standard InChI is InChI=1S/C18H14F5NO4S/c1-8-4-12(14(20)6-13(8)19)16-17-11(9(2)7-27-17)5-15(24-16)10(3)28-29(25,26)18(21,22)23/h4-6,9H,3,7H2,1-2H3. The highest BCUT2D eigenvalue weighted by atomic mass is 32.2. The van der Waals surface area contributed by atoms with Gasteiger partial charge in [0.25, 0.3) is 0 Å². The van der Waals surface area contributed by atoms with E-state index in [1.54, 1.807) is 6.92 Å². The van der Waals surface area contributed by atoms with Crippen LogP contribution in [0.4, 0.5) is 22.0 Å². The molecule has 5 nitrogen and oxygen atoms in total. The van der Waals surface area contributed by atoms with Crippen LogP contribution in [-0.4, -0.2) is 25.5 Å². The Kier molecular flexibility index (Phi) is 5.06. The van der Waals surface area contributed by atoms with Crippen molar-refractivity contribution < 1.29 is 39.3 Å². The molecule has 0 N–H and O–H groups in total. The van der Waals surface area contributed by atoms with Crippen LogP contribution >= 0.6 is 0 Å². The predicted molar refractivity (Wildman–Crippen MR) is 93.3 cm³/mol. The Bertz CT molecular complexity index is 1110. The van der Waals surface area contributed by atoms with Gasteiger partial charge in [-0.1, -0.05) is 13.5 Å². The summed E-state index contributed by atoms with van der Waals surface area (Å²) in [7, 11) is -5.97. The van der Waals surface area contributed by atoms with E-state index >= 15 is 0 Å². The number of aryl methyl sites for hydroxylation is 1. The lowest BCUT2D eigenvalue weighted by Crippen LogP contribution is -2.25. The number of pyridine rings is 1. The summed E-state index contributed by atoms with van der Waals surface area (Å²) >= 11 is 0. The second-order valence-electron chi connectivity index (χ2n) is 6.47. The molecule has 156 valence electrons. The van der Waals surface area contributed by atoms with Gasteiger partial charge >= 0.3 is 15.6 Å². The Hall–Kier alpha value is -2.69. The largest absolute Gasteiger partial charge is 0.534 e. The Morgan fingerprint density at radius 1 is 1.24 bits per heavy atom. The highest BCUT2D eigenvalue weighted by Gasteiger charge is 2.49. The summed E-state index contributed by atoms with van der Waals surface area (Å²) in [5, 5.41) is 0. The van der Waals surface area contributed by atoms with E-state index in [1.807, 2.05) is 0 Å². The average molecular weight is 435 g/mol. The summed E-state index contributed by atoms with van der Waals surface area (Å²) in [4.78, 5) is 4.00. The molecule has 29 heavy (non-hydrogen) atoms. The Morgan fingerprint density at radius 2 is 1.90 bits per heavy atom. The van der Waals surface area contributed by atoms with Crippen molar-refractivity contribution in [3.63, 3.8) is 0 Å². The van der Waals surface area contributed by atoms with Crippen molar-refractivity contribution in [2.24, 2.45) is 0 Å². The quantitative estimate of drug-likeness (QED) is 0.302. The topological polar surface area (TPSA) is 65.5 Å². The number of rotatable bonds is 4. The highest BCUT2D eigenvalue weighted by Crippen LogP contribution is 2.43. The molecule has 0 aliphatic carbocycles. The molecule has 1 aromatic carbocycles. The van der Waals surface area contributed by atoms with Crippen LogP contribution in [0.5, 0.6) is 5.75 Å². The van der Waals surface area contributed by atoms with Crippen molar-refractivity contribution in [1.82, 2.24) is 4.98 Å². The monoisotopic (exact) mass is 435 g/mol. The lowest BCUT2D eigenvalue weighted by molar-refractivity contribution is -0.0509. The Labute approximate surface area is 162 Å². The first-order valence-electron chi connectivity index (χ1n) is 8.15. The molecule has 0 amide bonds. The minimum absolute atomic E-state index is 0.100. The zero-order chi connectivity index (χ0) is 21.7. The zero-order valence-corrected chi connectivity index (χ0v) is 15.9. The number of hydrogen-bond donors (Lipinski definition) is 0. The van der Waals surface area contributed by atoms with Crippen LogP contribution < -0.4 is 4.74 Å². The van der Waals surface area contributed by atoms with Gasteiger partial charge in [0.05, 0.1) is 6.61 Å². The van der Waals surface area contributed by atoms with Gasteiger partial charge in [-0.05, 0) is 24.6 Å². The maximum absolute atomic E-state index is 14.4. The number of fused-ring (bicyclic) bond motifs is 1. The zero-order valence-electron chi connectivity index (χ0n) is 15.1. The predicted octanol–water partition coefficient (Wildman–Crippen LogP) is 4.67. The van der Waals surface area contributed by atoms with Crippen LogP contribution in [-0.2, 0) is 14.3 Å². The maximum atomic E-state index is 14.4. The van der Waals surface area contributed by atoms with Crippen LogP contribution in [0.2, 0.25) is 0 Å². The van der Waals surface area contributed by atoms with Crippen LogP contribution in [0.3, 0.4) is 0 Å². The lowest BCUT2D eigenvalue weighted by atomic mass is 9.98. The third-order valence-corrected chi connectivity index (χ3v) is 5.28. The van der Waals surface area contributed by atoms with Gasteiger partial charge in [-0.25, -0.2) is 13.8 Å². The van der Waals surface area contributed by atoms with Gasteiger partial charge in [0, 0.05) is 23.1 Å². The van der Waals surface area contributed by atoms with Crippen molar-refractivity contribution in [2.45, 2.75) is 25.3 Å². The van der Waals surface area contributed by atoms with Gasteiger partial charge in [-0.15, -0.1) is 0 Å². The van der Waals surface area contributed by atoms with Crippen molar-refractivity contribution in [3.8, 4) is 17.0 Å². The van der Waals surface area contributed by atoms with Gasteiger partial charge in [0.15, 0.2) is 5.76 Å². The second kappa shape index (κ2) is 6.97. The van der Waals surface area contributed by atoms with Gasteiger partial charge in [0.2, 0.25) is 0 Å². The van der Waals surface area contributed by atoms with E-state index in [2.05, 4.69) is 15.7 Å². The number of nitrogens with zero attached hydrogens (tertiary/aromatic N) is 1. The number of aromatic nitrogens is 1. The maximum Gasteiger partial charge on any atom is 0.534 e. The molecule has 0 saturated carbocycles. The molecular formula is C18H14F5NO4S. The van der Waals surface area contributed by atoms with E-state index in [9.17, 15) is 30.4 Å². The van der Waals surface area contributed by atoms with E-state index in [0.717, 1.165) is 0 Å². The van der Waals surface area contributed by atoms with Crippen molar-refractivity contribution in [3.05, 3.63) is 53.2 Å². The smallest absolute Gasteiger partial charge is 0.490 e. The number of alkyl halides is 3. The Balaban J connectivity index is 2.15. The van der Waals surface area contributed by atoms with Gasteiger partial charge in [0.1, 0.15) is 28.8 Å². The molecule has 0 saturated heterocycles. The summed E-state index contributed by atoms with van der Waals surface area (Å²) in [6, 6.07) is 3.07. The molecule has 3 rings (SSSR count). The summed E-state index contributed by atoms with van der Waals surface area (Å²) in [6.45, 7) is 6.52. The fourth-order valence-electron chi connectivity index (χ4n) is 2.76. The van der Waals surface area contributed by atoms with Crippen LogP contribution in [0.1, 0.15) is 29.7 Å². The van der Waals surface area contributed by atoms with Crippen LogP contribution in [0.25, 0.3) is 17.0 Å². The second-order valence-corrected chi connectivity index (χ2v) is 8.01. The highest BCUT2D eigenvalue weighted by molar-refractivity contribution is 7.87. The van der Waals surface area contributed by atoms with E-state index in [1.165, 1.54) is 19.1 Å². The minimum atomic E-state index is -5.97. The molecular weight excluding hydrogens is 421 g/mol. The number of hydrogen-bond acceptors (Lipinski definition) is 5.